The second kappa shape index (κ2) is 5.55. The van der Waals surface area contributed by atoms with Gasteiger partial charge < -0.3 is 9.88 Å². The molecule has 0 saturated heterocycles. The molecule has 0 aliphatic heterocycles. The van der Waals surface area contributed by atoms with E-state index in [1.807, 2.05) is 27.7 Å². The Balaban J connectivity index is 2.27. The van der Waals surface area contributed by atoms with Crippen LogP contribution < -0.4 is 10.7 Å². The summed E-state index contributed by atoms with van der Waals surface area (Å²) in [6, 6.07) is 1.25. The zero-order chi connectivity index (χ0) is 15.7. The van der Waals surface area contributed by atoms with E-state index in [4.69, 9.17) is 0 Å². The van der Waals surface area contributed by atoms with Gasteiger partial charge in [-0.1, -0.05) is 0 Å². The van der Waals surface area contributed by atoms with E-state index in [1.54, 1.807) is 17.8 Å². The summed E-state index contributed by atoms with van der Waals surface area (Å²) >= 11 is 0. The van der Waals surface area contributed by atoms with Crippen LogP contribution in [0.15, 0.2) is 17.1 Å². The SMILES string of the molecule is Cc1n[nH]c(C)c1C(C)NC(=O)c1cn(C)c(C)cc1=O. The largest absolute Gasteiger partial charge is 0.354 e. The van der Waals surface area contributed by atoms with Gasteiger partial charge in [-0.15, -0.1) is 0 Å². The molecule has 2 aromatic rings. The fraction of sp³-hybridized carbons (Fsp3) is 0.400. The molecule has 112 valence electrons. The molecule has 1 atom stereocenters. The molecule has 0 bridgehead atoms. The number of carbonyl (C=O) groups excluding carboxylic acids is 1. The molecule has 2 aromatic heterocycles. The van der Waals surface area contributed by atoms with Gasteiger partial charge in [0.2, 0.25) is 0 Å². The van der Waals surface area contributed by atoms with Crippen LogP contribution in [0, 0.1) is 20.8 Å². The summed E-state index contributed by atoms with van der Waals surface area (Å²) in [7, 11) is 1.80. The molecule has 2 rings (SSSR count). The van der Waals surface area contributed by atoms with Crippen molar-refractivity contribution in [3.05, 3.63) is 50.7 Å². The fourth-order valence-electron chi connectivity index (χ4n) is 2.44. The van der Waals surface area contributed by atoms with Gasteiger partial charge in [-0.25, -0.2) is 0 Å². The first-order valence-electron chi connectivity index (χ1n) is 6.81. The highest BCUT2D eigenvalue weighted by Crippen LogP contribution is 2.19. The van der Waals surface area contributed by atoms with Gasteiger partial charge in [-0.05, 0) is 27.7 Å². The van der Waals surface area contributed by atoms with Crippen molar-refractivity contribution in [2.45, 2.75) is 33.7 Å². The second-order valence-electron chi connectivity index (χ2n) is 5.35. The van der Waals surface area contributed by atoms with E-state index in [0.717, 1.165) is 22.6 Å². The van der Waals surface area contributed by atoms with Crippen molar-refractivity contribution in [2.75, 3.05) is 0 Å². The monoisotopic (exact) mass is 288 g/mol. The number of nitrogens with zero attached hydrogens (tertiary/aromatic N) is 2. The maximum absolute atomic E-state index is 12.3. The van der Waals surface area contributed by atoms with Crippen molar-refractivity contribution in [3.8, 4) is 0 Å². The van der Waals surface area contributed by atoms with Crippen LogP contribution >= 0.6 is 0 Å². The molecular weight excluding hydrogens is 268 g/mol. The molecule has 6 nitrogen and oxygen atoms in total. The van der Waals surface area contributed by atoms with Crippen molar-refractivity contribution in [2.24, 2.45) is 7.05 Å². The van der Waals surface area contributed by atoms with Gasteiger partial charge in [0, 0.05) is 36.3 Å². The Labute approximate surface area is 123 Å². The number of aromatic amines is 1. The number of H-pyrrole nitrogens is 1. The van der Waals surface area contributed by atoms with Crippen LogP contribution in [0.25, 0.3) is 0 Å². The lowest BCUT2D eigenvalue weighted by Crippen LogP contribution is -2.32. The summed E-state index contributed by atoms with van der Waals surface area (Å²) in [5.41, 5.74) is 3.40. The van der Waals surface area contributed by atoms with Crippen LogP contribution in [-0.2, 0) is 7.05 Å². The zero-order valence-corrected chi connectivity index (χ0v) is 12.9. The second-order valence-corrected chi connectivity index (χ2v) is 5.35. The minimum absolute atomic E-state index is 0.147. The summed E-state index contributed by atoms with van der Waals surface area (Å²) < 4.78 is 1.76. The highest BCUT2D eigenvalue weighted by molar-refractivity contribution is 5.94. The van der Waals surface area contributed by atoms with Crippen LogP contribution in [-0.4, -0.2) is 20.7 Å². The van der Waals surface area contributed by atoms with E-state index in [0.29, 0.717) is 0 Å². The van der Waals surface area contributed by atoms with E-state index in [1.165, 1.54) is 6.07 Å². The van der Waals surface area contributed by atoms with Crippen molar-refractivity contribution < 1.29 is 4.79 Å². The van der Waals surface area contributed by atoms with Crippen molar-refractivity contribution >= 4 is 5.91 Å². The van der Waals surface area contributed by atoms with Crippen LogP contribution in [0.3, 0.4) is 0 Å². The van der Waals surface area contributed by atoms with Crippen molar-refractivity contribution in [1.29, 1.82) is 0 Å². The molecule has 0 aromatic carbocycles. The van der Waals surface area contributed by atoms with Gasteiger partial charge >= 0.3 is 0 Å². The predicted molar refractivity (Wildman–Crippen MR) is 80.4 cm³/mol. The predicted octanol–water partition coefficient (Wildman–Crippen LogP) is 1.52. The summed E-state index contributed by atoms with van der Waals surface area (Å²) in [5, 5.41) is 9.87. The molecule has 0 saturated carbocycles. The molecule has 0 spiro atoms. The molecule has 1 amide bonds. The highest BCUT2D eigenvalue weighted by atomic mass is 16.2. The quantitative estimate of drug-likeness (QED) is 0.898. The maximum atomic E-state index is 12.3. The summed E-state index contributed by atoms with van der Waals surface area (Å²) in [6.45, 7) is 7.49. The Hall–Kier alpha value is -2.37. The van der Waals surface area contributed by atoms with E-state index in [9.17, 15) is 9.59 Å². The number of amides is 1. The average Bonchev–Trinajstić information content (AvgIpc) is 2.73. The first-order valence-corrected chi connectivity index (χ1v) is 6.81. The fourth-order valence-corrected chi connectivity index (χ4v) is 2.44. The third-order valence-electron chi connectivity index (χ3n) is 3.69. The molecule has 2 N–H and O–H groups in total. The third-order valence-corrected chi connectivity index (χ3v) is 3.69. The lowest BCUT2D eigenvalue weighted by Gasteiger charge is -2.15. The van der Waals surface area contributed by atoms with E-state index < -0.39 is 0 Å². The Morgan fingerprint density at radius 2 is 2.05 bits per heavy atom. The molecule has 0 fully saturated rings. The smallest absolute Gasteiger partial charge is 0.257 e. The zero-order valence-electron chi connectivity index (χ0n) is 12.9. The minimum Gasteiger partial charge on any atom is -0.354 e. The first-order chi connectivity index (χ1) is 9.81. The molecule has 21 heavy (non-hydrogen) atoms. The summed E-state index contributed by atoms with van der Waals surface area (Å²) in [5.74, 6) is -0.372. The lowest BCUT2D eigenvalue weighted by atomic mass is 10.1. The average molecular weight is 288 g/mol. The number of nitrogens with one attached hydrogen (secondary N) is 2. The van der Waals surface area contributed by atoms with Gasteiger partial charge in [0.1, 0.15) is 5.56 Å². The van der Waals surface area contributed by atoms with E-state index in [-0.39, 0.29) is 22.9 Å². The number of hydrogen-bond donors (Lipinski definition) is 2. The Morgan fingerprint density at radius 1 is 1.38 bits per heavy atom. The van der Waals surface area contributed by atoms with Gasteiger partial charge in [-0.2, -0.15) is 5.10 Å². The molecular formula is C15H20N4O2. The normalized spacial score (nSPS) is 12.2. The number of pyridine rings is 1. The Bertz CT molecular complexity index is 723. The van der Waals surface area contributed by atoms with Gasteiger partial charge in [0.25, 0.3) is 5.91 Å². The first kappa shape index (κ1) is 15.0. The van der Waals surface area contributed by atoms with Gasteiger partial charge in [0.05, 0.1) is 11.7 Å². The molecule has 0 aliphatic rings. The summed E-state index contributed by atoms with van der Waals surface area (Å²) in [6.07, 6.45) is 1.56. The highest BCUT2D eigenvalue weighted by Gasteiger charge is 2.19. The number of aryl methyl sites for hydroxylation is 4. The van der Waals surface area contributed by atoms with Crippen molar-refractivity contribution in [3.63, 3.8) is 0 Å². The van der Waals surface area contributed by atoms with Crippen LogP contribution in [0.5, 0.6) is 0 Å². The van der Waals surface area contributed by atoms with Gasteiger partial charge in [0.15, 0.2) is 5.43 Å². The molecule has 1 unspecified atom stereocenters. The topological polar surface area (TPSA) is 79.8 Å². The number of hydrogen-bond acceptors (Lipinski definition) is 3. The number of carbonyl (C=O) groups is 1. The van der Waals surface area contributed by atoms with Crippen LogP contribution in [0.2, 0.25) is 0 Å². The third kappa shape index (κ3) is 2.89. The summed E-state index contributed by atoms with van der Waals surface area (Å²) in [4.78, 5) is 24.2. The number of aromatic nitrogens is 3. The lowest BCUT2D eigenvalue weighted by molar-refractivity contribution is 0.0938. The number of rotatable bonds is 3. The Morgan fingerprint density at radius 3 is 2.62 bits per heavy atom. The molecule has 2 heterocycles. The van der Waals surface area contributed by atoms with Crippen LogP contribution in [0.1, 0.15) is 46.0 Å². The molecule has 0 aliphatic carbocycles. The minimum atomic E-state index is -0.372. The van der Waals surface area contributed by atoms with E-state index >= 15 is 0 Å². The molecule has 0 radical (unpaired) electrons. The van der Waals surface area contributed by atoms with Gasteiger partial charge in [-0.3, -0.25) is 14.7 Å². The van der Waals surface area contributed by atoms with Crippen LogP contribution in [0.4, 0.5) is 0 Å². The molecule has 6 heteroatoms. The van der Waals surface area contributed by atoms with Crippen molar-refractivity contribution in [1.82, 2.24) is 20.1 Å². The maximum Gasteiger partial charge on any atom is 0.257 e. The van der Waals surface area contributed by atoms with E-state index in [2.05, 4.69) is 15.5 Å². The standard InChI is InChI=1S/C15H20N4O2/c1-8-6-13(20)12(7-19(8)5)15(21)16-9(2)14-10(3)17-18-11(14)4/h6-7,9H,1-5H3,(H,16,21)(H,17,18). The Kier molecular flexibility index (Phi) is 3.97.